The van der Waals surface area contributed by atoms with Crippen LogP contribution in [0.25, 0.3) is 0 Å². The number of hydrogen-bond acceptors (Lipinski definition) is 6. The molecule has 0 unspecified atom stereocenters. The van der Waals surface area contributed by atoms with Crippen LogP contribution in [-0.2, 0) is 9.31 Å². The first-order valence-corrected chi connectivity index (χ1v) is 7.84. The molecule has 8 heteroatoms. The van der Waals surface area contributed by atoms with Crippen molar-refractivity contribution in [3.05, 3.63) is 17.2 Å². The fraction of sp³-hybridized carbons (Fsp3) is 0.733. The lowest BCUT2D eigenvalue weighted by Crippen LogP contribution is -2.41. The van der Waals surface area contributed by atoms with E-state index in [0.717, 1.165) is 0 Å². The van der Waals surface area contributed by atoms with E-state index in [0.29, 0.717) is 30.3 Å². The number of anilines is 1. The van der Waals surface area contributed by atoms with E-state index in [2.05, 4.69) is 10.2 Å². The highest BCUT2D eigenvalue weighted by Crippen LogP contribution is 2.46. The minimum atomic E-state index is -0.920. The highest BCUT2D eigenvalue weighted by Gasteiger charge is 2.54. The SMILES string of the molecule is CN(C)c1nnc(C2CC(=C(F)B3OC(C)(C)C(C)(C)O3)C2)o1. The molecule has 2 heterocycles. The summed E-state index contributed by atoms with van der Waals surface area (Å²) in [5.74, 6) is 0.624. The Bertz CT molecular complexity index is 618. The van der Waals surface area contributed by atoms with Gasteiger partial charge in [0.1, 0.15) is 5.73 Å². The van der Waals surface area contributed by atoms with Crippen LogP contribution in [0.2, 0.25) is 0 Å². The molecule has 2 aliphatic rings. The molecule has 126 valence electrons. The summed E-state index contributed by atoms with van der Waals surface area (Å²) in [7, 11) is 2.75. The fourth-order valence-electron chi connectivity index (χ4n) is 2.59. The standard InChI is InChI=1S/C15H23BFN3O3/c1-14(2)15(3,4)23-16(22-14)11(17)9-7-10(8-9)12-18-19-13(21-12)20(5)6/h10H,7-8H2,1-6H3. The molecule has 0 aromatic carbocycles. The molecule has 3 rings (SSSR count). The predicted molar refractivity (Wildman–Crippen MR) is 84.8 cm³/mol. The zero-order chi connectivity index (χ0) is 17.0. The smallest absolute Gasteiger partial charge is 0.408 e. The van der Waals surface area contributed by atoms with Crippen molar-refractivity contribution in [1.82, 2.24) is 10.2 Å². The van der Waals surface area contributed by atoms with Crippen molar-refractivity contribution in [3.63, 3.8) is 0 Å². The van der Waals surface area contributed by atoms with E-state index >= 15 is 0 Å². The molecule has 1 aliphatic heterocycles. The molecule has 1 aliphatic carbocycles. The highest BCUT2D eigenvalue weighted by molar-refractivity contribution is 6.53. The van der Waals surface area contributed by atoms with E-state index < -0.39 is 18.3 Å². The first-order chi connectivity index (χ1) is 10.6. The Balaban J connectivity index is 1.67. The molecule has 1 saturated carbocycles. The van der Waals surface area contributed by atoms with Crippen LogP contribution in [0, 0.1) is 0 Å². The average molecular weight is 323 g/mol. The topological polar surface area (TPSA) is 60.6 Å². The summed E-state index contributed by atoms with van der Waals surface area (Å²) in [5.41, 5.74) is -0.678. The van der Waals surface area contributed by atoms with Crippen LogP contribution in [0.15, 0.2) is 15.7 Å². The molecule has 2 fully saturated rings. The number of aromatic nitrogens is 2. The third kappa shape index (κ3) is 2.78. The van der Waals surface area contributed by atoms with Gasteiger partial charge in [-0.25, -0.2) is 4.39 Å². The lowest BCUT2D eigenvalue weighted by atomic mass is 9.72. The van der Waals surface area contributed by atoms with Gasteiger partial charge in [-0.15, -0.1) is 5.10 Å². The van der Waals surface area contributed by atoms with Gasteiger partial charge < -0.3 is 18.6 Å². The van der Waals surface area contributed by atoms with Crippen molar-refractivity contribution >= 4 is 13.1 Å². The molecule has 1 saturated heterocycles. The second-order valence-electron chi connectivity index (χ2n) is 7.46. The van der Waals surface area contributed by atoms with Crippen LogP contribution in [-0.4, -0.2) is 42.6 Å². The normalized spacial score (nSPS) is 25.4. The number of allylic oxidation sites excluding steroid dienone is 1. The van der Waals surface area contributed by atoms with Gasteiger partial charge in [0.05, 0.1) is 11.2 Å². The summed E-state index contributed by atoms with van der Waals surface area (Å²) >= 11 is 0. The predicted octanol–water partition coefficient (Wildman–Crippen LogP) is 2.87. The van der Waals surface area contributed by atoms with E-state index in [-0.39, 0.29) is 11.6 Å². The van der Waals surface area contributed by atoms with Crippen molar-refractivity contribution in [2.45, 2.75) is 57.7 Å². The van der Waals surface area contributed by atoms with Crippen molar-refractivity contribution in [2.24, 2.45) is 0 Å². The molecule has 0 bridgehead atoms. The monoisotopic (exact) mass is 323 g/mol. The van der Waals surface area contributed by atoms with Gasteiger partial charge in [0, 0.05) is 20.0 Å². The number of rotatable bonds is 3. The lowest BCUT2D eigenvalue weighted by molar-refractivity contribution is 0.00578. The zero-order valence-corrected chi connectivity index (χ0v) is 14.5. The van der Waals surface area contributed by atoms with E-state index in [1.54, 1.807) is 4.90 Å². The van der Waals surface area contributed by atoms with E-state index in [9.17, 15) is 4.39 Å². The van der Waals surface area contributed by atoms with E-state index in [1.807, 2.05) is 41.8 Å². The van der Waals surface area contributed by atoms with Gasteiger partial charge in [0.15, 0.2) is 0 Å². The van der Waals surface area contributed by atoms with Crippen LogP contribution < -0.4 is 4.90 Å². The first kappa shape index (κ1) is 16.5. The van der Waals surface area contributed by atoms with Crippen molar-refractivity contribution in [3.8, 4) is 0 Å². The van der Waals surface area contributed by atoms with Crippen LogP contribution in [0.5, 0.6) is 0 Å². The molecule has 6 nitrogen and oxygen atoms in total. The quantitative estimate of drug-likeness (QED) is 0.797. The molecule has 23 heavy (non-hydrogen) atoms. The molecule has 0 N–H and O–H groups in total. The lowest BCUT2D eigenvalue weighted by Gasteiger charge is -2.32. The summed E-state index contributed by atoms with van der Waals surface area (Å²) < 4.78 is 31.7. The molecule has 1 aromatic heterocycles. The number of halogens is 1. The van der Waals surface area contributed by atoms with Gasteiger partial charge >= 0.3 is 13.1 Å². The Morgan fingerprint density at radius 2 is 1.70 bits per heavy atom. The minimum Gasteiger partial charge on any atom is -0.408 e. The van der Waals surface area contributed by atoms with Crippen LogP contribution >= 0.6 is 0 Å². The second kappa shape index (κ2) is 5.31. The van der Waals surface area contributed by atoms with Gasteiger partial charge in [-0.1, -0.05) is 5.10 Å². The minimum absolute atomic E-state index is 0.0689. The summed E-state index contributed by atoms with van der Waals surface area (Å²) in [5, 5.41) is 7.99. The van der Waals surface area contributed by atoms with Gasteiger partial charge in [0.2, 0.25) is 5.89 Å². The largest absolute Gasteiger partial charge is 0.525 e. The van der Waals surface area contributed by atoms with Crippen LogP contribution in [0.1, 0.15) is 52.3 Å². The molecule has 0 amide bonds. The van der Waals surface area contributed by atoms with Crippen molar-refractivity contribution < 1.29 is 18.1 Å². The average Bonchev–Trinajstić information content (AvgIpc) is 2.91. The Kier molecular flexibility index (Phi) is 3.80. The highest BCUT2D eigenvalue weighted by atomic mass is 19.1. The Morgan fingerprint density at radius 3 is 2.17 bits per heavy atom. The maximum atomic E-state index is 14.6. The molecular weight excluding hydrogens is 300 g/mol. The summed E-state index contributed by atoms with van der Waals surface area (Å²) in [6.07, 6.45) is 1.12. The Labute approximate surface area is 136 Å². The molecule has 0 spiro atoms. The summed E-state index contributed by atoms with van der Waals surface area (Å²) in [6, 6.07) is 0.462. The van der Waals surface area contributed by atoms with Crippen LogP contribution in [0.4, 0.5) is 10.4 Å². The van der Waals surface area contributed by atoms with Crippen LogP contribution in [0.3, 0.4) is 0 Å². The van der Waals surface area contributed by atoms with E-state index in [1.165, 1.54) is 0 Å². The maximum Gasteiger partial charge on any atom is 0.525 e. The molecule has 0 radical (unpaired) electrons. The molecule has 0 atom stereocenters. The van der Waals surface area contributed by atoms with Crippen molar-refractivity contribution in [2.75, 3.05) is 19.0 Å². The Hall–Kier alpha value is -1.41. The van der Waals surface area contributed by atoms with Gasteiger partial charge in [0.25, 0.3) is 0 Å². The number of nitrogens with zero attached hydrogens (tertiary/aromatic N) is 3. The van der Waals surface area contributed by atoms with Gasteiger partial charge in [-0.05, 0) is 46.1 Å². The van der Waals surface area contributed by atoms with Gasteiger partial charge in [-0.2, -0.15) is 0 Å². The second-order valence-corrected chi connectivity index (χ2v) is 7.46. The molecular formula is C15H23BFN3O3. The third-order valence-corrected chi connectivity index (χ3v) is 4.95. The number of hydrogen-bond donors (Lipinski definition) is 0. The summed E-state index contributed by atoms with van der Waals surface area (Å²) in [4.78, 5) is 1.75. The third-order valence-electron chi connectivity index (χ3n) is 4.95. The van der Waals surface area contributed by atoms with Crippen molar-refractivity contribution in [1.29, 1.82) is 0 Å². The maximum absolute atomic E-state index is 14.6. The first-order valence-electron chi connectivity index (χ1n) is 7.84. The fourth-order valence-corrected chi connectivity index (χ4v) is 2.59. The zero-order valence-electron chi connectivity index (χ0n) is 14.5. The summed E-state index contributed by atoms with van der Waals surface area (Å²) in [6.45, 7) is 7.65. The molecule has 1 aromatic rings. The Morgan fingerprint density at radius 1 is 1.13 bits per heavy atom. The van der Waals surface area contributed by atoms with E-state index in [4.69, 9.17) is 13.7 Å². The van der Waals surface area contributed by atoms with Gasteiger partial charge in [-0.3, -0.25) is 0 Å².